The number of carboxylic acids is 1. The first-order valence-electron chi connectivity index (χ1n) is 11.5. The summed E-state index contributed by atoms with van der Waals surface area (Å²) in [5, 5.41) is 9.15. The predicted octanol–water partition coefficient (Wildman–Crippen LogP) is 3.83. The first-order chi connectivity index (χ1) is 15.1. The van der Waals surface area contributed by atoms with Crippen molar-refractivity contribution in [3.63, 3.8) is 0 Å². The molecule has 31 heavy (non-hydrogen) atoms. The number of piperidine rings is 3. The molecule has 3 heterocycles. The molecular weight excluding hydrogens is 388 g/mol. The fourth-order valence-corrected chi connectivity index (χ4v) is 6.13. The summed E-state index contributed by atoms with van der Waals surface area (Å²) in [5.41, 5.74) is 2.80. The van der Waals surface area contributed by atoms with Crippen LogP contribution in [0.5, 0.6) is 0 Å². The number of amides is 1. The van der Waals surface area contributed by atoms with Gasteiger partial charge >= 0.3 is 5.97 Å². The molecule has 5 rings (SSSR count). The highest BCUT2D eigenvalue weighted by Gasteiger charge is 2.49. The van der Waals surface area contributed by atoms with Crippen molar-refractivity contribution in [2.45, 2.75) is 50.7 Å². The van der Waals surface area contributed by atoms with E-state index in [1.54, 1.807) is 12.1 Å². The lowest BCUT2D eigenvalue weighted by atomic mass is 9.70. The van der Waals surface area contributed by atoms with Crippen molar-refractivity contribution in [3.8, 4) is 0 Å². The number of benzene rings is 2. The van der Waals surface area contributed by atoms with Crippen LogP contribution in [0.2, 0.25) is 0 Å². The third-order valence-electron chi connectivity index (χ3n) is 7.47. The van der Waals surface area contributed by atoms with Crippen molar-refractivity contribution >= 4 is 11.9 Å². The van der Waals surface area contributed by atoms with Crippen LogP contribution >= 0.6 is 0 Å². The average Bonchev–Trinajstić information content (AvgIpc) is 2.78. The first kappa shape index (κ1) is 20.3. The van der Waals surface area contributed by atoms with Gasteiger partial charge in [-0.2, -0.15) is 0 Å². The largest absolute Gasteiger partial charge is 0.478 e. The lowest BCUT2D eigenvalue weighted by Crippen LogP contribution is -2.65. The molecule has 162 valence electrons. The van der Waals surface area contributed by atoms with Gasteiger partial charge in [-0.15, -0.1) is 0 Å². The molecule has 0 aliphatic carbocycles. The standard InChI is InChI=1S/C26H30N2O3/c29-25-8-4-7-23-21-14-22(24(28(23)25)13-18-5-2-1-3-6-18)17-27(16-21)15-19-9-11-20(12-10-19)26(30)31/h1-3,5-6,9-12,21-24H,4,7-8,13-17H2,(H,30,31)/t21-,22+,23+,24+/m1/s1. The molecule has 4 atom stereocenters. The van der Waals surface area contributed by atoms with Crippen LogP contribution in [0.15, 0.2) is 54.6 Å². The summed E-state index contributed by atoms with van der Waals surface area (Å²) in [6.07, 6.45) is 4.97. The molecular formula is C26H30N2O3. The van der Waals surface area contributed by atoms with Crippen LogP contribution in [0.1, 0.15) is 47.2 Å². The van der Waals surface area contributed by atoms with Crippen LogP contribution in [0.4, 0.5) is 0 Å². The molecule has 1 amide bonds. The summed E-state index contributed by atoms with van der Waals surface area (Å²) in [5.74, 6) is 0.485. The minimum absolute atomic E-state index is 0.272. The minimum atomic E-state index is -0.884. The molecule has 1 N–H and O–H groups in total. The first-order valence-corrected chi connectivity index (χ1v) is 11.5. The molecule has 3 aliphatic heterocycles. The van der Waals surface area contributed by atoms with E-state index in [2.05, 4.69) is 34.1 Å². The third kappa shape index (κ3) is 4.11. The van der Waals surface area contributed by atoms with Gasteiger partial charge in [0.15, 0.2) is 0 Å². The van der Waals surface area contributed by atoms with Crippen LogP contribution in [0.3, 0.4) is 0 Å². The van der Waals surface area contributed by atoms with E-state index in [4.69, 9.17) is 5.11 Å². The molecule has 2 bridgehead atoms. The van der Waals surface area contributed by atoms with Gasteiger partial charge in [0.05, 0.1) is 5.56 Å². The summed E-state index contributed by atoms with van der Waals surface area (Å²) in [6, 6.07) is 18.5. The van der Waals surface area contributed by atoms with E-state index in [1.165, 1.54) is 12.0 Å². The van der Waals surface area contributed by atoms with E-state index in [1.807, 2.05) is 18.2 Å². The smallest absolute Gasteiger partial charge is 0.335 e. The minimum Gasteiger partial charge on any atom is -0.478 e. The fraction of sp³-hybridized carbons (Fsp3) is 0.462. The van der Waals surface area contributed by atoms with Crippen molar-refractivity contribution in [2.75, 3.05) is 13.1 Å². The molecule has 2 aromatic rings. The van der Waals surface area contributed by atoms with Crippen molar-refractivity contribution in [2.24, 2.45) is 11.8 Å². The number of carbonyl (C=O) groups excluding carboxylic acids is 1. The van der Waals surface area contributed by atoms with Gasteiger partial charge in [-0.3, -0.25) is 9.69 Å². The number of aromatic carboxylic acids is 1. The number of carbonyl (C=O) groups is 2. The van der Waals surface area contributed by atoms with Gasteiger partial charge in [0.1, 0.15) is 0 Å². The van der Waals surface area contributed by atoms with Gasteiger partial charge in [0.2, 0.25) is 5.91 Å². The molecule has 3 aliphatic rings. The maximum Gasteiger partial charge on any atom is 0.335 e. The Bertz CT molecular complexity index is 943. The number of carboxylic acid groups (broad SMARTS) is 1. The van der Waals surface area contributed by atoms with E-state index in [9.17, 15) is 9.59 Å². The molecule has 3 fully saturated rings. The zero-order chi connectivity index (χ0) is 21.4. The van der Waals surface area contributed by atoms with Crippen LogP contribution in [0, 0.1) is 11.8 Å². The number of fused-ring (bicyclic) bond motifs is 4. The normalized spacial score (nSPS) is 28.3. The van der Waals surface area contributed by atoms with Crippen LogP contribution in [0.25, 0.3) is 0 Å². The SMILES string of the molecule is O=C(O)c1ccc(CN2C[C@H]3C[C@@H](C2)[C@H](Cc2ccccc2)N2C(=O)CCC[C@@H]32)cc1. The van der Waals surface area contributed by atoms with E-state index < -0.39 is 5.97 Å². The van der Waals surface area contributed by atoms with E-state index in [-0.39, 0.29) is 6.04 Å². The molecule has 2 aromatic carbocycles. The van der Waals surface area contributed by atoms with Crippen molar-refractivity contribution < 1.29 is 14.7 Å². The van der Waals surface area contributed by atoms with Gasteiger partial charge in [0, 0.05) is 38.1 Å². The van der Waals surface area contributed by atoms with Crippen LogP contribution in [-0.2, 0) is 17.8 Å². The van der Waals surface area contributed by atoms with Crippen LogP contribution in [-0.4, -0.2) is 52.0 Å². The van der Waals surface area contributed by atoms with Crippen molar-refractivity contribution in [1.82, 2.24) is 9.80 Å². The maximum atomic E-state index is 13.0. The molecule has 3 saturated heterocycles. The second-order valence-corrected chi connectivity index (χ2v) is 9.47. The lowest BCUT2D eigenvalue weighted by Gasteiger charge is -2.57. The Hall–Kier alpha value is -2.66. The van der Waals surface area contributed by atoms with Gasteiger partial charge in [0.25, 0.3) is 0 Å². The predicted molar refractivity (Wildman–Crippen MR) is 119 cm³/mol. The third-order valence-corrected chi connectivity index (χ3v) is 7.47. The number of nitrogens with zero attached hydrogens (tertiary/aromatic N) is 2. The summed E-state index contributed by atoms with van der Waals surface area (Å²) in [7, 11) is 0. The highest BCUT2D eigenvalue weighted by molar-refractivity contribution is 5.87. The van der Waals surface area contributed by atoms with E-state index in [0.29, 0.717) is 35.8 Å². The zero-order valence-electron chi connectivity index (χ0n) is 17.8. The monoisotopic (exact) mass is 418 g/mol. The number of hydrogen-bond donors (Lipinski definition) is 1. The highest BCUT2D eigenvalue weighted by Crippen LogP contribution is 2.42. The molecule has 5 nitrogen and oxygen atoms in total. The summed E-state index contributed by atoms with van der Waals surface area (Å²) >= 11 is 0. The van der Waals surface area contributed by atoms with Gasteiger partial charge in [-0.1, -0.05) is 42.5 Å². The molecule has 0 aromatic heterocycles. The van der Waals surface area contributed by atoms with Gasteiger partial charge in [-0.25, -0.2) is 4.79 Å². The van der Waals surface area contributed by atoms with Crippen LogP contribution < -0.4 is 0 Å². The average molecular weight is 419 g/mol. The maximum absolute atomic E-state index is 13.0. The summed E-state index contributed by atoms with van der Waals surface area (Å²) in [4.78, 5) is 28.9. The summed E-state index contributed by atoms with van der Waals surface area (Å²) < 4.78 is 0. The highest BCUT2D eigenvalue weighted by atomic mass is 16.4. The Kier molecular flexibility index (Phi) is 5.53. The Morgan fingerprint density at radius 2 is 1.71 bits per heavy atom. The fourth-order valence-electron chi connectivity index (χ4n) is 6.13. The lowest BCUT2D eigenvalue weighted by molar-refractivity contribution is -0.152. The zero-order valence-corrected chi connectivity index (χ0v) is 17.8. The Labute approximate surface area is 183 Å². The van der Waals surface area contributed by atoms with E-state index in [0.717, 1.165) is 44.5 Å². The van der Waals surface area contributed by atoms with E-state index >= 15 is 0 Å². The van der Waals surface area contributed by atoms with Gasteiger partial charge < -0.3 is 10.0 Å². The Balaban J connectivity index is 1.37. The molecule has 0 unspecified atom stereocenters. The number of rotatable bonds is 5. The van der Waals surface area contributed by atoms with Crippen molar-refractivity contribution in [1.29, 1.82) is 0 Å². The quantitative estimate of drug-likeness (QED) is 0.802. The summed E-state index contributed by atoms with van der Waals surface area (Å²) in [6.45, 7) is 2.85. The number of hydrogen-bond acceptors (Lipinski definition) is 3. The second kappa shape index (κ2) is 8.46. The Morgan fingerprint density at radius 1 is 0.968 bits per heavy atom. The topological polar surface area (TPSA) is 60.9 Å². The second-order valence-electron chi connectivity index (χ2n) is 9.47. The van der Waals surface area contributed by atoms with Crippen molar-refractivity contribution in [3.05, 3.63) is 71.3 Å². The number of likely N-dealkylation sites (tertiary alicyclic amines) is 1. The molecule has 0 saturated carbocycles. The molecule has 0 spiro atoms. The molecule has 0 radical (unpaired) electrons. The van der Waals surface area contributed by atoms with Gasteiger partial charge in [-0.05, 0) is 60.8 Å². The Morgan fingerprint density at radius 3 is 2.45 bits per heavy atom. The molecule has 5 heteroatoms.